The number of aromatic nitrogens is 4. The first-order valence-electron chi connectivity index (χ1n) is 7.34. The molecule has 1 atom stereocenters. The molecule has 0 saturated carbocycles. The fraction of sp³-hybridized carbons (Fsp3) is 0.500. The third kappa shape index (κ3) is 3.81. The highest BCUT2D eigenvalue weighted by molar-refractivity contribution is 5.93. The minimum Gasteiger partial charge on any atom is -0.467 e. The molecule has 0 unspecified atom stereocenters. The lowest BCUT2D eigenvalue weighted by atomic mass is 10.2. The van der Waals surface area contributed by atoms with Crippen LogP contribution in [0.5, 0.6) is 6.01 Å². The van der Waals surface area contributed by atoms with Crippen molar-refractivity contribution < 1.29 is 18.8 Å². The Labute approximate surface area is 132 Å². The molecule has 1 aliphatic heterocycles. The van der Waals surface area contributed by atoms with Crippen molar-refractivity contribution in [2.75, 3.05) is 20.3 Å². The van der Waals surface area contributed by atoms with E-state index in [1.54, 1.807) is 0 Å². The van der Waals surface area contributed by atoms with Crippen LogP contribution < -0.4 is 10.1 Å². The molecule has 1 aliphatic rings. The first kappa shape index (κ1) is 15.3. The Kier molecular flexibility index (Phi) is 4.77. The minimum absolute atomic E-state index is 0.0951. The van der Waals surface area contributed by atoms with E-state index < -0.39 is 0 Å². The molecule has 2 aromatic heterocycles. The lowest BCUT2D eigenvalue weighted by Gasteiger charge is -2.03. The van der Waals surface area contributed by atoms with Crippen molar-refractivity contribution in [2.45, 2.75) is 25.4 Å². The zero-order valence-electron chi connectivity index (χ0n) is 12.7. The summed E-state index contributed by atoms with van der Waals surface area (Å²) < 4.78 is 15.5. The summed E-state index contributed by atoms with van der Waals surface area (Å²) in [6.45, 7) is 1.11. The molecule has 1 N–H and O–H groups in total. The van der Waals surface area contributed by atoms with E-state index in [-0.39, 0.29) is 18.0 Å². The van der Waals surface area contributed by atoms with Gasteiger partial charge in [-0.25, -0.2) is 9.97 Å². The minimum atomic E-state index is -0.268. The van der Waals surface area contributed by atoms with Crippen LogP contribution in [-0.4, -0.2) is 46.3 Å². The summed E-state index contributed by atoms with van der Waals surface area (Å²) in [6, 6.07) is 0.218. The topological polar surface area (TPSA) is 112 Å². The Hall–Kier alpha value is -2.55. The Morgan fingerprint density at radius 2 is 2.26 bits per heavy atom. The number of carbonyl (C=O) groups is 1. The zero-order chi connectivity index (χ0) is 16.1. The number of rotatable bonds is 6. The average molecular weight is 319 g/mol. The van der Waals surface area contributed by atoms with Gasteiger partial charge < -0.3 is 19.3 Å². The Bertz CT molecular complexity index is 651. The highest BCUT2D eigenvalue weighted by atomic mass is 16.5. The van der Waals surface area contributed by atoms with Gasteiger partial charge in [-0.2, -0.15) is 4.98 Å². The maximum absolute atomic E-state index is 11.9. The number of ether oxygens (including phenoxy) is 2. The van der Waals surface area contributed by atoms with Crippen molar-refractivity contribution in [1.82, 2.24) is 25.4 Å². The van der Waals surface area contributed by atoms with E-state index in [2.05, 4.69) is 25.4 Å². The largest absolute Gasteiger partial charge is 0.467 e. The summed E-state index contributed by atoms with van der Waals surface area (Å²) in [5.74, 6) is 0.782. The molecule has 122 valence electrons. The van der Waals surface area contributed by atoms with Gasteiger partial charge in [0.05, 0.1) is 12.7 Å². The second-order valence-corrected chi connectivity index (χ2v) is 5.01. The Morgan fingerprint density at radius 3 is 2.96 bits per heavy atom. The molecule has 1 amide bonds. The van der Waals surface area contributed by atoms with Crippen LogP contribution in [-0.2, 0) is 11.2 Å². The number of carbonyl (C=O) groups excluding carboxylic acids is 1. The number of methoxy groups -OCH3 is 1. The van der Waals surface area contributed by atoms with E-state index in [4.69, 9.17) is 14.0 Å². The van der Waals surface area contributed by atoms with E-state index in [9.17, 15) is 4.79 Å². The number of hydrogen-bond acceptors (Lipinski definition) is 8. The van der Waals surface area contributed by atoms with Gasteiger partial charge in [-0.05, 0) is 12.8 Å². The van der Waals surface area contributed by atoms with Crippen LogP contribution in [0.15, 0.2) is 16.9 Å². The molecule has 0 aromatic carbocycles. The summed E-state index contributed by atoms with van der Waals surface area (Å²) in [6.07, 6.45) is 5.09. The van der Waals surface area contributed by atoms with Gasteiger partial charge >= 0.3 is 6.01 Å². The molecule has 0 aliphatic carbocycles. The third-order valence-corrected chi connectivity index (χ3v) is 3.40. The Balaban J connectivity index is 1.47. The standard InChI is InChI=1S/C14H17N5O4/c1-21-14-16-7-9(8-17-14)12(20)15-5-4-11-18-13(23-19-11)10-3-2-6-22-10/h7-8,10H,2-6H2,1H3,(H,15,20)/t10-/m0/s1. The van der Waals surface area contributed by atoms with Crippen LogP contribution in [0.2, 0.25) is 0 Å². The maximum atomic E-state index is 11.9. The van der Waals surface area contributed by atoms with Crippen molar-refractivity contribution in [2.24, 2.45) is 0 Å². The van der Waals surface area contributed by atoms with Crippen molar-refractivity contribution in [1.29, 1.82) is 0 Å². The summed E-state index contributed by atoms with van der Waals surface area (Å²) in [5, 5.41) is 6.65. The molecular formula is C14H17N5O4. The fourth-order valence-corrected chi connectivity index (χ4v) is 2.20. The second kappa shape index (κ2) is 7.14. The van der Waals surface area contributed by atoms with Crippen LogP contribution in [0.1, 0.15) is 41.0 Å². The second-order valence-electron chi connectivity index (χ2n) is 5.01. The Morgan fingerprint density at radius 1 is 1.43 bits per heavy atom. The number of nitrogens with one attached hydrogen (secondary N) is 1. The normalized spacial score (nSPS) is 17.2. The van der Waals surface area contributed by atoms with Gasteiger partial charge in [0.1, 0.15) is 6.10 Å². The predicted octanol–water partition coefficient (Wildman–Crippen LogP) is 0.692. The first-order chi connectivity index (χ1) is 11.3. The molecule has 1 saturated heterocycles. The van der Waals surface area contributed by atoms with Crippen LogP contribution in [0.25, 0.3) is 0 Å². The fourth-order valence-electron chi connectivity index (χ4n) is 2.20. The smallest absolute Gasteiger partial charge is 0.316 e. The first-order valence-corrected chi connectivity index (χ1v) is 7.34. The maximum Gasteiger partial charge on any atom is 0.316 e. The SMILES string of the molecule is COc1ncc(C(=O)NCCc2noc([C@@H]3CCCO3)n2)cn1. The van der Waals surface area contributed by atoms with E-state index in [1.807, 2.05) is 0 Å². The van der Waals surface area contributed by atoms with E-state index in [0.29, 0.717) is 30.2 Å². The molecule has 0 radical (unpaired) electrons. The van der Waals surface area contributed by atoms with Crippen LogP contribution >= 0.6 is 0 Å². The highest BCUT2D eigenvalue weighted by Crippen LogP contribution is 2.26. The third-order valence-electron chi connectivity index (χ3n) is 3.40. The van der Waals surface area contributed by atoms with Crippen molar-refractivity contribution in [3.05, 3.63) is 29.7 Å². The van der Waals surface area contributed by atoms with Gasteiger partial charge in [0.25, 0.3) is 11.8 Å². The van der Waals surface area contributed by atoms with Crippen molar-refractivity contribution in [3.8, 4) is 6.01 Å². The average Bonchev–Trinajstić information content (AvgIpc) is 3.26. The number of nitrogens with zero attached hydrogens (tertiary/aromatic N) is 4. The lowest BCUT2D eigenvalue weighted by Crippen LogP contribution is -2.26. The number of amides is 1. The van der Waals surface area contributed by atoms with Crippen molar-refractivity contribution >= 4 is 5.91 Å². The highest BCUT2D eigenvalue weighted by Gasteiger charge is 2.23. The number of hydrogen-bond donors (Lipinski definition) is 1. The molecule has 3 heterocycles. The summed E-state index contributed by atoms with van der Waals surface area (Å²) in [7, 11) is 1.46. The zero-order valence-corrected chi connectivity index (χ0v) is 12.7. The van der Waals surface area contributed by atoms with Crippen LogP contribution in [0.4, 0.5) is 0 Å². The molecular weight excluding hydrogens is 302 g/mol. The molecule has 3 rings (SSSR count). The van der Waals surface area contributed by atoms with E-state index in [0.717, 1.165) is 19.4 Å². The molecule has 0 bridgehead atoms. The lowest BCUT2D eigenvalue weighted by molar-refractivity contribution is 0.0835. The van der Waals surface area contributed by atoms with Gasteiger partial charge in [-0.3, -0.25) is 4.79 Å². The van der Waals surface area contributed by atoms with Crippen LogP contribution in [0.3, 0.4) is 0 Å². The van der Waals surface area contributed by atoms with Crippen LogP contribution in [0, 0.1) is 0 Å². The molecule has 9 nitrogen and oxygen atoms in total. The predicted molar refractivity (Wildman–Crippen MR) is 76.8 cm³/mol. The molecule has 23 heavy (non-hydrogen) atoms. The van der Waals surface area contributed by atoms with Crippen molar-refractivity contribution in [3.63, 3.8) is 0 Å². The molecule has 0 spiro atoms. The summed E-state index contributed by atoms with van der Waals surface area (Å²) in [5.41, 5.74) is 0.360. The molecule has 2 aromatic rings. The summed E-state index contributed by atoms with van der Waals surface area (Å²) in [4.78, 5) is 24.0. The quantitative estimate of drug-likeness (QED) is 0.827. The van der Waals surface area contributed by atoms with Gasteiger partial charge in [-0.1, -0.05) is 5.16 Å². The monoisotopic (exact) mass is 319 g/mol. The molecule has 1 fully saturated rings. The van der Waals surface area contributed by atoms with E-state index in [1.165, 1.54) is 19.5 Å². The van der Waals surface area contributed by atoms with Gasteiger partial charge in [0.2, 0.25) is 0 Å². The molecule has 9 heteroatoms. The van der Waals surface area contributed by atoms with Gasteiger partial charge in [-0.15, -0.1) is 0 Å². The van der Waals surface area contributed by atoms with Gasteiger partial charge in [0.15, 0.2) is 5.82 Å². The van der Waals surface area contributed by atoms with E-state index >= 15 is 0 Å². The summed E-state index contributed by atoms with van der Waals surface area (Å²) >= 11 is 0. The van der Waals surface area contributed by atoms with Gasteiger partial charge in [0, 0.05) is 32.0 Å².